The lowest BCUT2D eigenvalue weighted by Crippen LogP contribution is -2.34. The Kier molecular flexibility index (Phi) is 6.89. The van der Waals surface area contributed by atoms with Crippen LogP contribution in [0.1, 0.15) is 31.1 Å². The Morgan fingerprint density at radius 3 is 1.87 bits per heavy atom. The number of carbonyl (C=O) groups excluding carboxylic acids is 3. The first-order chi connectivity index (χ1) is 14.5. The van der Waals surface area contributed by atoms with Gasteiger partial charge in [-0.05, 0) is 54.6 Å². The molecule has 6 nitrogen and oxygen atoms in total. The highest BCUT2D eigenvalue weighted by Gasteiger charge is 2.10. The van der Waals surface area contributed by atoms with Gasteiger partial charge in [0.25, 0.3) is 17.7 Å². The first-order valence-corrected chi connectivity index (χ1v) is 9.31. The van der Waals surface area contributed by atoms with Gasteiger partial charge >= 0.3 is 0 Å². The van der Waals surface area contributed by atoms with Gasteiger partial charge in [0.2, 0.25) is 0 Å². The molecule has 3 N–H and O–H groups in total. The quantitative estimate of drug-likeness (QED) is 0.528. The van der Waals surface area contributed by atoms with Gasteiger partial charge in [-0.2, -0.15) is 0 Å². The Labute approximate surface area is 173 Å². The van der Waals surface area contributed by atoms with Crippen molar-refractivity contribution in [1.82, 2.24) is 10.6 Å². The molecule has 3 aromatic carbocycles. The van der Waals surface area contributed by atoms with Crippen LogP contribution >= 0.6 is 0 Å². The van der Waals surface area contributed by atoms with E-state index in [1.165, 1.54) is 24.3 Å². The molecule has 3 rings (SSSR count). The summed E-state index contributed by atoms with van der Waals surface area (Å²) in [5, 5.41) is 8.12. The average molecular weight is 405 g/mol. The fraction of sp³-hybridized carbons (Fsp3) is 0.0870. The molecular weight excluding hydrogens is 385 g/mol. The molecule has 0 unspecified atom stereocenters. The summed E-state index contributed by atoms with van der Waals surface area (Å²) in [4.78, 5) is 36.5. The van der Waals surface area contributed by atoms with Crippen molar-refractivity contribution in [3.63, 3.8) is 0 Å². The third-order valence-corrected chi connectivity index (χ3v) is 4.22. The number of carbonyl (C=O) groups is 3. The van der Waals surface area contributed by atoms with Crippen LogP contribution < -0.4 is 16.0 Å². The Hall–Kier alpha value is -4.00. The molecule has 0 bridgehead atoms. The smallest absolute Gasteiger partial charge is 0.255 e. The van der Waals surface area contributed by atoms with E-state index >= 15 is 0 Å². The lowest BCUT2D eigenvalue weighted by molar-refractivity contribution is 0.0927. The molecule has 7 heteroatoms. The lowest BCUT2D eigenvalue weighted by Gasteiger charge is -2.09. The molecule has 0 saturated heterocycles. The van der Waals surface area contributed by atoms with Crippen LogP contribution in [-0.2, 0) is 0 Å². The first kappa shape index (κ1) is 20.7. The van der Waals surface area contributed by atoms with Crippen molar-refractivity contribution in [3.05, 3.63) is 101 Å². The number of hydrogen-bond donors (Lipinski definition) is 3. The molecule has 0 aliphatic carbocycles. The van der Waals surface area contributed by atoms with Crippen molar-refractivity contribution >= 4 is 23.4 Å². The van der Waals surface area contributed by atoms with E-state index in [4.69, 9.17) is 0 Å². The van der Waals surface area contributed by atoms with Gasteiger partial charge in [0.05, 0.1) is 0 Å². The summed E-state index contributed by atoms with van der Waals surface area (Å²) in [6, 6.07) is 20.4. The number of nitrogens with one attached hydrogen (secondary N) is 3. The minimum atomic E-state index is -0.426. The van der Waals surface area contributed by atoms with E-state index in [9.17, 15) is 18.8 Å². The van der Waals surface area contributed by atoms with E-state index in [2.05, 4.69) is 16.0 Å². The van der Waals surface area contributed by atoms with Crippen LogP contribution in [0.4, 0.5) is 10.1 Å². The van der Waals surface area contributed by atoms with Crippen LogP contribution in [0.2, 0.25) is 0 Å². The summed E-state index contributed by atoms with van der Waals surface area (Å²) >= 11 is 0. The van der Waals surface area contributed by atoms with E-state index in [0.29, 0.717) is 22.4 Å². The minimum absolute atomic E-state index is 0.213. The Balaban J connectivity index is 1.50. The van der Waals surface area contributed by atoms with Crippen molar-refractivity contribution in [1.29, 1.82) is 0 Å². The highest BCUT2D eigenvalue weighted by molar-refractivity contribution is 6.05. The maximum atomic E-state index is 13.0. The molecule has 0 aromatic heterocycles. The molecule has 0 aliphatic rings. The normalized spacial score (nSPS) is 10.2. The molecule has 0 saturated carbocycles. The first-order valence-electron chi connectivity index (χ1n) is 9.31. The van der Waals surface area contributed by atoms with Crippen molar-refractivity contribution in [3.8, 4) is 0 Å². The highest BCUT2D eigenvalue weighted by atomic mass is 19.1. The molecule has 3 aromatic rings. The third-order valence-electron chi connectivity index (χ3n) is 4.22. The van der Waals surface area contributed by atoms with Crippen LogP contribution in [0.5, 0.6) is 0 Å². The molecule has 0 aliphatic heterocycles. The average Bonchev–Trinajstić information content (AvgIpc) is 2.77. The van der Waals surface area contributed by atoms with Crippen LogP contribution in [-0.4, -0.2) is 30.8 Å². The fourth-order valence-electron chi connectivity index (χ4n) is 2.69. The highest BCUT2D eigenvalue weighted by Crippen LogP contribution is 2.13. The van der Waals surface area contributed by atoms with Crippen molar-refractivity contribution in [2.75, 3.05) is 18.4 Å². The molecular formula is C23H20FN3O3. The Morgan fingerprint density at radius 2 is 1.20 bits per heavy atom. The van der Waals surface area contributed by atoms with Gasteiger partial charge in [-0.25, -0.2) is 4.39 Å². The SMILES string of the molecule is O=C(NCCNC(=O)c1cccc(NC(=O)c2ccc(F)cc2)c1)c1ccccc1. The summed E-state index contributed by atoms with van der Waals surface area (Å²) in [5.74, 6) is -1.38. The van der Waals surface area contributed by atoms with Crippen LogP contribution in [0.3, 0.4) is 0 Å². The Bertz CT molecular complexity index is 1040. The van der Waals surface area contributed by atoms with E-state index in [1.807, 2.05) is 6.07 Å². The topological polar surface area (TPSA) is 87.3 Å². The second-order valence-corrected chi connectivity index (χ2v) is 6.42. The van der Waals surface area contributed by atoms with Crippen LogP contribution in [0.15, 0.2) is 78.9 Å². The van der Waals surface area contributed by atoms with Gasteiger partial charge in [-0.3, -0.25) is 14.4 Å². The van der Waals surface area contributed by atoms with Gasteiger partial charge in [0, 0.05) is 35.5 Å². The number of halogens is 1. The van der Waals surface area contributed by atoms with E-state index in [1.54, 1.807) is 48.5 Å². The van der Waals surface area contributed by atoms with Gasteiger partial charge < -0.3 is 16.0 Å². The molecule has 152 valence electrons. The number of rotatable bonds is 7. The van der Waals surface area contributed by atoms with Crippen LogP contribution in [0.25, 0.3) is 0 Å². The molecule has 0 fully saturated rings. The van der Waals surface area contributed by atoms with Crippen molar-refractivity contribution < 1.29 is 18.8 Å². The number of hydrogen-bond acceptors (Lipinski definition) is 3. The van der Waals surface area contributed by atoms with Crippen molar-refractivity contribution in [2.24, 2.45) is 0 Å². The minimum Gasteiger partial charge on any atom is -0.350 e. The largest absolute Gasteiger partial charge is 0.350 e. The van der Waals surface area contributed by atoms with E-state index in [-0.39, 0.29) is 24.9 Å². The summed E-state index contributed by atoms with van der Waals surface area (Å²) in [5.41, 5.74) is 1.66. The van der Waals surface area contributed by atoms with E-state index in [0.717, 1.165) is 0 Å². The zero-order chi connectivity index (χ0) is 21.3. The fourth-order valence-corrected chi connectivity index (χ4v) is 2.69. The number of benzene rings is 3. The van der Waals surface area contributed by atoms with Crippen LogP contribution in [0, 0.1) is 5.82 Å². The zero-order valence-corrected chi connectivity index (χ0v) is 16.0. The predicted octanol–water partition coefficient (Wildman–Crippen LogP) is 3.24. The molecule has 0 heterocycles. The second-order valence-electron chi connectivity index (χ2n) is 6.42. The zero-order valence-electron chi connectivity index (χ0n) is 16.0. The summed E-state index contributed by atoms with van der Waals surface area (Å²) < 4.78 is 13.0. The van der Waals surface area contributed by atoms with Crippen molar-refractivity contribution in [2.45, 2.75) is 0 Å². The molecule has 0 spiro atoms. The standard InChI is InChI=1S/C23H20FN3O3/c24-19-11-9-17(10-12-19)23(30)27-20-8-4-7-18(15-20)22(29)26-14-13-25-21(28)16-5-2-1-3-6-16/h1-12,15H,13-14H2,(H,25,28)(H,26,29)(H,27,30). The van der Waals surface area contributed by atoms with E-state index < -0.39 is 11.7 Å². The summed E-state index contributed by atoms with van der Waals surface area (Å²) in [6.45, 7) is 0.532. The van der Waals surface area contributed by atoms with Gasteiger partial charge in [0.1, 0.15) is 5.82 Å². The molecule has 30 heavy (non-hydrogen) atoms. The monoisotopic (exact) mass is 405 g/mol. The third kappa shape index (κ3) is 5.75. The molecule has 0 atom stereocenters. The maximum Gasteiger partial charge on any atom is 0.255 e. The van der Waals surface area contributed by atoms with Gasteiger partial charge in [-0.1, -0.05) is 24.3 Å². The van der Waals surface area contributed by atoms with Gasteiger partial charge in [0.15, 0.2) is 0 Å². The summed E-state index contributed by atoms with van der Waals surface area (Å²) in [7, 11) is 0. The lowest BCUT2D eigenvalue weighted by atomic mass is 10.1. The van der Waals surface area contributed by atoms with Gasteiger partial charge in [-0.15, -0.1) is 0 Å². The Morgan fingerprint density at radius 1 is 0.633 bits per heavy atom. The number of amides is 3. The molecule has 3 amide bonds. The predicted molar refractivity (Wildman–Crippen MR) is 112 cm³/mol. The maximum absolute atomic E-state index is 13.0. The summed E-state index contributed by atoms with van der Waals surface area (Å²) in [6.07, 6.45) is 0. The molecule has 0 radical (unpaired) electrons. The second kappa shape index (κ2) is 9.97. The number of anilines is 1.